The van der Waals surface area contributed by atoms with Crippen LogP contribution in [0.25, 0.3) is 0 Å². The quantitative estimate of drug-likeness (QED) is 0.291. The lowest BCUT2D eigenvalue weighted by molar-refractivity contribution is -0.273. The summed E-state index contributed by atoms with van der Waals surface area (Å²) in [7, 11) is -8.42. The predicted octanol–water partition coefficient (Wildman–Crippen LogP) is 0.982. The van der Waals surface area contributed by atoms with E-state index in [-0.39, 0.29) is 17.4 Å². The smallest absolute Gasteiger partial charge is 0.335 e. The lowest BCUT2D eigenvalue weighted by Gasteiger charge is -2.60. The molecule has 12 heteroatoms. The Labute approximate surface area is 182 Å². The highest BCUT2D eigenvalue weighted by molar-refractivity contribution is 8.04. The van der Waals surface area contributed by atoms with Crippen molar-refractivity contribution in [3.05, 3.63) is 12.2 Å². The van der Waals surface area contributed by atoms with Gasteiger partial charge in [-0.05, 0) is 57.8 Å². The number of nitrogens with one attached hydrogen (secondary N) is 1. The molecule has 0 spiro atoms. The van der Waals surface area contributed by atoms with Gasteiger partial charge in [-0.1, -0.05) is 6.58 Å². The molecule has 0 radical (unpaired) electrons. The molecule has 0 saturated heterocycles. The van der Waals surface area contributed by atoms with Gasteiger partial charge in [-0.2, -0.15) is 0 Å². The molecule has 10 nitrogen and oxygen atoms in total. The average Bonchev–Trinajstić information content (AvgIpc) is 2.48. The number of ether oxygens (including phenoxy) is 3. The molecular formula is C19H29NO9S2. The van der Waals surface area contributed by atoms with Gasteiger partial charge >= 0.3 is 11.9 Å². The van der Waals surface area contributed by atoms with E-state index in [1.807, 2.05) is 0 Å². The van der Waals surface area contributed by atoms with Crippen molar-refractivity contribution in [2.45, 2.75) is 69.9 Å². The Morgan fingerprint density at radius 2 is 1.65 bits per heavy atom. The van der Waals surface area contributed by atoms with Crippen molar-refractivity contribution in [2.75, 3.05) is 12.0 Å². The van der Waals surface area contributed by atoms with Crippen LogP contribution >= 0.6 is 0 Å². The Kier molecular flexibility index (Phi) is 6.33. The van der Waals surface area contributed by atoms with Crippen LogP contribution in [-0.2, 0) is 43.8 Å². The molecule has 176 valence electrons. The van der Waals surface area contributed by atoms with E-state index >= 15 is 0 Å². The first kappa shape index (κ1) is 24.1. The van der Waals surface area contributed by atoms with Gasteiger partial charge in [-0.15, -0.1) is 4.13 Å². The SMILES string of the molecule is C=C(C)C(=O)OC(C)OC12CC3CC(CC(OC(=O)CS(=O)(=O)NS(C)(=O)=O)(C3)C1)C2. The summed E-state index contributed by atoms with van der Waals surface area (Å²) in [5.74, 6) is -2.16. The number of rotatable bonds is 9. The molecule has 0 aromatic heterocycles. The van der Waals surface area contributed by atoms with Gasteiger partial charge in [0, 0.05) is 12.0 Å². The molecule has 0 amide bonds. The lowest BCUT2D eigenvalue weighted by Crippen LogP contribution is -2.62. The molecule has 3 atom stereocenters. The van der Waals surface area contributed by atoms with Crippen molar-refractivity contribution in [1.29, 1.82) is 0 Å². The lowest BCUT2D eigenvalue weighted by atomic mass is 9.52. The van der Waals surface area contributed by atoms with E-state index in [9.17, 15) is 26.4 Å². The summed E-state index contributed by atoms with van der Waals surface area (Å²) in [6.07, 6.45) is 3.90. The van der Waals surface area contributed by atoms with Crippen LogP contribution in [0, 0.1) is 11.8 Å². The molecular weight excluding hydrogens is 450 g/mol. The van der Waals surface area contributed by atoms with Crippen LogP contribution in [0.4, 0.5) is 0 Å². The molecule has 0 aliphatic heterocycles. The molecule has 0 aromatic carbocycles. The fraction of sp³-hybridized carbons (Fsp3) is 0.789. The second-order valence-corrected chi connectivity index (χ2v) is 13.0. The van der Waals surface area contributed by atoms with Crippen LogP contribution < -0.4 is 4.13 Å². The predicted molar refractivity (Wildman–Crippen MR) is 109 cm³/mol. The summed E-state index contributed by atoms with van der Waals surface area (Å²) in [5.41, 5.74) is -1.25. The summed E-state index contributed by atoms with van der Waals surface area (Å²) in [6.45, 7) is 6.72. The minimum Gasteiger partial charge on any atom is -0.458 e. The maximum atomic E-state index is 12.4. The minimum atomic E-state index is -4.39. The van der Waals surface area contributed by atoms with Crippen molar-refractivity contribution in [2.24, 2.45) is 11.8 Å². The van der Waals surface area contributed by atoms with Gasteiger partial charge in [-0.3, -0.25) is 4.79 Å². The number of hydrogen-bond donors (Lipinski definition) is 1. The summed E-state index contributed by atoms with van der Waals surface area (Å²) < 4.78 is 64.8. The van der Waals surface area contributed by atoms with Crippen LogP contribution in [0.1, 0.15) is 52.4 Å². The molecule has 4 rings (SSSR count). The molecule has 4 fully saturated rings. The molecule has 4 bridgehead atoms. The van der Waals surface area contributed by atoms with Gasteiger partial charge in [0.15, 0.2) is 5.75 Å². The number of hydrogen-bond acceptors (Lipinski definition) is 9. The summed E-state index contributed by atoms with van der Waals surface area (Å²) in [4.78, 5) is 24.2. The fourth-order valence-corrected chi connectivity index (χ4v) is 8.12. The first-order valence-electron chi connectivity index (χ1n) is 10.1. The van der Waals surface area contributed by atoms with Crippen LogP contribution in [0.2, 0.25) is 0 Å². The Hall–Kier alpha value is -1.50. The zero-order chi connectivity index (χ0) is 23.2. The number of esters is 2. The van der Waals surface area contributed by atoms with Gasteiger partial charge in [-0.25, -0.2) is 21.6 Å². The Morgan fingerprint density at radius 1 is 1.10 bits per heavy atom. The van der Waals surface area contributed by atoms with Gasteiger partial charge in [0.2, 0.25) is 26.3 Å². The van der Waals surface area contributed by atoms with Crippen molar-refractivity contribution in [3.8, 4) is 0 Å². The zero-order valence-corrected chi connectivity index (χ0v) is 19.5. The second kappa shape index (κ2) is 8.13. The highest BCUT2D eigenvalue weighted by Gasteiger charge is 2.61. The second-order valence-electron chi connectivity index (χ2n) is 9.29. The average molecular weight is 480 g/mol. The molecule has 4 saturated carbocycles. The van der Waals surface area contributed by atoms with Gasteiger partial charge in [0.1, 0.15) is 5.60 Å². The van der Waals surface area contributed by atoms with Crippen molar-refractivity contribution < 1.29 is 40.6 Å². The molecule has 4 aliphatic carbocycles. The van der Waals surface area contributed by atoms with Crippen LogP contribution in [0.3, 0.4) is 0 Å². The monoisotopic (exact) mass is 479 g/mol. The van der Waals surface area contributed by atoms with E-state index in [2.05, 4.69) is 6.58 Å². The topological polar surface area (TPSA) is 142 Å². The highest BCUT2D eigenvalue weighted by Crippen LogP contribution is 2.60. The molecule has 0 aromatic rings. The summed E-state index contributed by atoms with van der Waals surface area (Å²) in [5, 5.41) is 0. The maximum Gasteiger partial charge on any atom is 0.335 e. The van der Waals surface area contributed by atoms with E-state index in [0.717, 1.165) is 19.3 Å². The van der Waals surface area contributed by atoms with Gasteiger partial charge < -0.3 is 14.2 Å². The minimum absolute atomic E-state index is 0.240. The van der Waals surface area contributed by atoms with E-state index in [4.69, 9.17) is 14.2 Å². The van der Waals surface area contributed by atoms with E-state index in [0.29, 0.717) is 25.5 Å². The Bertz CT molecular complexity index is 972. The fourth-order valence-electron chi connectivity index (χ4n) is 5.67. The summed E-state index contributed by atoms with van der Waals surface area (Å²) >= 11 is 0. The van der Waals surface area contributed by atoms with E-state index < -0.39 is 55.2 Å². The first-order chi connectivity index (χ1) is 14.1. The van der Waals surface area contributed by atoms with Crippen LogP contribution in [0.15, 0.2) is 12.2 Å². The molecule has 31 heavy (non-hydrogen) atoms. The number of carbonyl (C=O) groups is 2. The third kappa shape index (κ3) is 6.05. The van der Waals surface area contributed by atoms with E-state index in [1.54, 1.807) is 13.8 Å². The molecule has 1 N–H and O–H groups in total. The third-order valence-electron chi connectivity index (χ3n) is 5.91. The van der Waals surface area contributed by atoms with Crippen LogP contribution in [0.5, 0.6) is 0 Å². The third-order valence-corrected chi connectivity index (χ3v) is 8.75. The van der Waals surface area contributed by atoms with Crippen molar-refractivity contribution in [1.82, 2.24) is 4.13 Å². The van der Waals surface area contributed by atoms with Gasteiger partial charge in [0.25, 0.3) is 0 Å². The maximum absolute atomic E-state index is 12.4. The first-order valence-corrected chi connectivity index (χ1v) is 13.6. The van der Waals surface area contributed by atoms with E-state index in [1.165, 1.54) is 4.13 Å². The standard InChI is InChI=1S/C19H29NO9S2/c1-12(2)17(22)27-13(3)28-18-6-14-5-15(7-18)9-19(8-14,11-18)29-16(21)10-31(25,26)20-30(4,23)24/h13-15,20H,1,5-11H2,2-4H3. The number of carbonyl (C=O) groups excluding carboxylic acids is 2. The Balaban J connectivity index is 1.70. The van der Waals surface area contributed by atoms with Crippen LogP contribution in [-0.4, -0.2) is 58.3 Å². The molecule has 0 heterocycles. The number of sulfonamides is 2. The van der Waals surface area contributed by atoms with Crippen molar-refractivity contribution >= 4 is 32.0 Å². The molecule has 3 unspecified atom stereocenters. The van der Waals surface area contributed by atoms with Gasteiger partial charge in [0.05, 0.1) is 11.9 Å². The van der Waals surface area contributed by atoms with Crippen molar-refractivity contribution in [3.63, 3.8) is 0 Å². The molecule has 4 aliphatic rings. The Morgan fingerprint density at radius 3 is 2.16 bits per heavy atom. The largest absolute Gasteiger partial charge is 0.458 e. The highest BCUT2D eigenvalue weighted by atomic mass is 32.3. The normalized spacial score (nSPS) is 33.0. The summed E-state index contributed by atoms with van der Waals surface area (Å²) in [6, 6.07) is 0. The zero-order valence-electron chi connectivity index (χ0n) is 17.9.